The van der Waals surface area contributed by atoms with Crippen LogP contribution in [0.3, 0.4) is 0 Å². The van der Waals surface area contributed by atoms with Gasteiger partial charge >= 0.3 is 12.8 Å². The van der Waals surface area contributed by atoms with Crippen LogP contribution in [0.2, 0.25) is 0 Å². The molecule has 1 saturated heterocycles. The predicted octanol–water partition coefficient (Wildman–Crippen LogP) is 6.10. The number of alkyl halides is 5. The van der Waals surface area contributed by atoms with E-state index >= 15 is 0 Å². The SMILES string of the molecule is CC1(Sc2cccc(C(F)(F)F)c2)CCOC(c2ccc(OC(F)F)nc2)C1. The zero-order chi connectivity index (χ0) is 20.4. The fourth-order valence-electron chi connectivity index (χ4n) is 3.04. The third-order valence-corrected chi connectivity index (χ3v) is 5.79. The van der Waals surface area contributed by atoms with Crippen molar-refractivity contribution in [3.63, 3.8) is 0 Å². The molecule has 0 radical (unpaired) electrons. The highest BCUT2D eigenvalue weighted by Gasteiger charge is 2.36. The maximum absolute atomic E-state index is 12.9. The van der Waals surface area contributed by atoms with E-state index in [4.69, 9.17) is 4.74 Å². The Kier molecular flexibility index (Phi) is 6.14. The maximum Gasteiger partial charge on any atom is 0.416 e. The molecule has 9 heteroatoms. The van der Waals surface area contributed by atoms with Gasteiger partial charge < -0.3 is 9.47 Å². The number of hydrogen-bond donors (Lipinski definition) is 0. The Morgan fingerprint density at radius 2 is 2.04 bits per heavy atom. The summed E-state index contributed by atoms with van der Waals surface area (Å²) in [6, 6.07) is 8.21. The minimum Gasteiger partial charge on any atom is -0.417 e. The molecule has 1 fully saturated rings. The van der Waals surface area contributed by atoms with E-state index in [1.165, 1.54) is 30.1 Å². The Labute approximate surface area is 163 Å². The van der Waals surface area contributed by atoms with Crippen LogP contribution in [-0.2, 0) is 10.9 Å². The van der Waals surface area contributed by atoms with Crippen LogP contribution >= 0.6 is 11.8 Å². The van der Waals surface area contributed by atoms with Crippen molar-refractivity contribution in [3.8, 4) is 5.88 Å². The van der Waals surface area contributed by atoms with Gasteiger partial charge in [0.2, 0.25) is 5.88 Å². The first kappa shape index (κ1) is 20.9. The minimum absolute atomic E-state index is 0.185. The second-order valence-corrected chi connectivity index (χ2v) is 8.36. The smallest absolute Gasteiger partial charge is 0.416 e. The normalized spacial score (nSPS) is 23.0. The van der Waals surface area contributed by atoms with Crippen molar-refractivity contribution < 1.29 is 31.4 Å². The molecule has 2 atom stereocenters. The molecule has 3 rings (SSSR count). The molecule has 2 aromatic rings. The Morgan fingerprint density at radius 1 is 1.25 bits per heavy atom. The molecule has 1 aliphatic rings. The second-order valence-electron chi connectivity index (χ2n) is 6.70. The molecule has 152 valence electrons. The van der Waals surface area contributed by atoms with Gasteiger partial charge in [0, 0.05) is 28.5 Å². The molecule has 1 aromatic carbocycles. The topological polar surface area (TPSA) is 31.4 Å². The van der Waals surface area contributed by atoms with E-state index < -0.39 is 18.4 Å². The van der Waals surface area contributed by atoms with Crippen molar-refractivity contribution in [2.75, 3.05) is 6.61 Å². The summed E-state index contributed by atoms with van der Waals surface area (Å²) in [4.78, 5) is 4.39. The number of rotatable bonds is 5. The first-order valence-corrected chi connectivity index (χ1v) is 9.35. The average Bonchev–Trinajstić information content (AvgIpc) is 2.61. The van der Waals surface area contributed by atoms with Gasteiger partial charge in [0.25, 0.3) is 0 Å². The third-order valence-electron chi connectivity index (χ3n) is 4.43. The van der Waals surface area contributed by atoms with Crippen LogP contribution in [-0.4, -0.2) is 22.9 Å². The molecule has 0 amide bonds. The van der Waals surface area contributed by atoms with Gasteiger partial charge in [-0.3, -0.25) is 0 Å². The lowest BCUT2D eigenvalue weighted by atomic mass is 9.93. The van der Waals surface area contributed by atoms with Crippen molar-refractivity contribution in [3.05, 3.63) is 53.7 Å². The van der Waals surface area contributed by atoms with Crippen LogP contribution in [0.5, 0.6) is 5.88 Å². The van der Waals surface area contributed by atoms with Gasteiger partial charge in [0.15, 0.2) is 0 Å². The van der Waals surface area contributed by atoms with Gasteiger partial charge in [-0.05, 0) is 49.6 Å². The molecule has 0 spiro atoms. The van der Waals surface area contributed by atoms with E-state index in [9.17, 15) is 22.0 Å². The number of thioether (sulfide) groups is 1. The van der Waals surface area contributed by atoms with Crippen molar-refractivity contribution >= 4 is 11.8 Å². The van der Waals surface area contributed by atoms with E-state index in [0.717, 1.165) is 12.1 Å². The number of nitrogens with zero attached hydrogens (tertiary/aromatic N) is 1. The zero-order valence-corrected chi connectivity index (χ0v) is 15.7. The monoisotopic (exact) mass is 419 g/mol. The summed E-state index contributed by atoms with van der Waals surface area (Å²) < 4.78 is 72.9. The summed E-state index contributed by atoms with van der Waals surface area (Å²) in [6.07, 6.45) is -2.08. The Hall–Kier alpha value is -1.87. The summed E-state index contributed by atoms with van der Waals surface area (Å²) in [7, 11) is 0. The summed E-state index contributed by atoms with van der Waals surface area (Å²) in [5.74, 6) is -0.185. The van der Waals surface area contributed by atoms with Gasteiger partial charge in [-0.1, -0.05) is 6.07 Å². The van der Waals surface area contributed by atoms with Crippen molar-refractivity contribution in [2.24, 2.45) is 0 Å². The molecular weight excluding hydrogens is 401 g/mol. The molecule has 0 aliphatic carbocycles. The van der Waals surface area contributed by atoms with Crippen LogP contribution in [0, 0.1) is 0 Å². The fourth-order valence-corrected chi connectivity index (χ4v) is 4.36. The number of pyridine rings is 1. The highest BCUT2D eigenvalue weighted by molar-refractivity contribution is 8.00. The number of aromatic nitrogens is 1. The maximum atomic E-state index is 12.9. The van der Waals surface area contributed by atoms with Gasteiger partial charge in [-0.2, -0.15) is 22.0 Å². The van der Waals surface area contributed by atoms with E-state index in [2.05, 4.69) is 9.72 Å². The quantitative estimate of drug-likeness (QED) is 0.548. The summed E-state index contributed by atoms with van der Waals surface area (Å²) in [6.45, 7) is -0.533. The molecule has 0 bridgehead atoms. The Bertz CT molecular complexity index is 800. The van der Waals surface area contributed by atoms with Crippen LogP contribution in [0.4, 0.5) is 22.0 Å². The van der Waals surface area contributed by atoms with Crippen LogP contribution in [0.1, 0.15) is 37.0 Å². The highest BCUT2D eigenvalue weighted by Crippen LogP contribution is 2.46. The average molecular weight is 419 g/mol. The molecule has 3 nitrogen and oxygen atoms in total. The van der Waals surface area contributed by atoms with E-state index in [1.54, 1.807) is 12.1 Å². The molecule has 2 heterocycles. The predicted molar refractivity (Wildman–Crippen MR) is 94.5 cm³/mol. The number of benzene rings is 1. The van der Waals surface area contributed by atoms with Crippen molar-refractivity contribution in [1.29, 1.82) is 0 Å². The molecule has 1 aromatic heterocycles. The third kappa shape index (κ3) is 5.35. The van der Waals surface area contributed by atoms with Gasteiger partial charge in [0.05, 0.1) is 11.7 Å². The molecule has 0 saturated carbocycles. The Balaban J connectivity index is 1.71. The van der Waals surface area contributed by atoms with Gasteiger partial charge in [0.1, 0.15) is 0 Å². The fraction of sp³-hybridized carbons (Fsp3) is 0.421. The summed E-state index contributed by atoms with van der Waals surface area (Å²) >= 11 is 1.38. The van der Waals surface area contributed by atoms with E-state index in [-0.39, 0.29) is 16.7 Å². The Morgan fingerprint density at radius 3 is 2.68 bits per heavy atom. The summed E-state index contributed by atoms with van der Waals surface area (Å²) in [5, 5.41) is 0. The largest absolute Gasteiger partial charge is 0.417 e. The summed E-state index contributed by atoms with van der Waals surface area (Å²) in [5.41, 5.74) is 0.0284. The molecule has 28 heavy (non-hydrogen) atoms. The lowest BCUT2D eigenvalue weighted by Gasteiger charge is -2.38. The number of ether oxygens (including phenoxy) is 2. The van der Waals surface area contributed by atoms with E-state index in [1.807, 2.05) is 6.92 Å². The first-order valence-electron chi connectivity index (χ1n) is 8.53. The van der Waals surface area contributed by atoms with Gasteiger partial charge in [-0.15, -0.1) is 11.8 Å². The lowest BCUT2D eigenvalue weighted by Crippen LogP contribution is -2.31. The second kappa shape index (κ2) is 8.24. The number of hydrogen-bond acceptors (Lipinski definition) is 4. The van der Waals surface area contributed by atoms with Crippen LogP contribution in [0.15, 0.2) is 47.5 Å². The first-order chi connectivity index (χ1) is 13.1. The van der Waals surface area contributed by atoms with Gasteiger partial charge in [-0.25, -0.2) is 4.98 Å². The zero-order valence-electron chi connectivity index (χ0n) is 14.9. The molecule has 1 aliphatic heterocycles. The van der Waals surface area contributed by atoms with Crippen molar-refractivity contribution in [1.82, 2.24) is 4.98 Å². The van der Waals surface area contributed by atoms with E-state index in [0.29, 0.717) is 29.9 Å². The van der Waals surface area contributed by atoms with Crippen LogP contribution in [0.25, 0.3) is 0 Å². The molecule has 2 unspecified atom stereocenters. The molecule has 0 N–H and O–H groups in total. The highest BCUT2D eigenvalue weighted by atomic mass is 32.2. The lowest BCUT2D eigenvalue weighted by molar-refractivity contribution is -0.137. The molecular formula is C19H18F5NO2S. The number of halogens is 5. The van der Waals surface area contributed by atoms with Crippen molar-refractivity contribution in [2.45, 2.75) is 48.3 Å². The minimum atomic E-state index is -4.39. The van der Waals surface area contributed by atoms with Crippen LogP contribution < -0.4 is 4.74 Å². The standard InChI is InChI=1S/C19H18F5NO2S/c1-18(28-14-4-2-3-13(9-14)19(22,23)24)7-8-26-15(10-18)12-5-6-16(25-11-12)27-17(20)21/h2-6,9,11,15,17H,7-8,10H2,1H3.